The summed E-state index contributed by atoms with van der Waals surface area (Å²) in [5.41, 5.74) is 5.08. The lowest BCUT2D eigenvalue weighted by molar-refractivity contribution is 0.273. The van der Waals surface area contributed by atoms with E-state index < -0.39 is 6.67 Å². The number of thiazole rings is 1. The molecule has 4 heteroatoms. The van der Waals surface area contributed by atoms with Crippen LogP contribution in [-0.4, -0.2) is 18.3 Å². The summed E-state index contributed by atoms with van der Waals surface area (Å²) in [6.45, 7) is -0.369. The van der Waals surface area contributed by atoms with Crippen LogP contribution in [0.2, 0.25) is 0 Å². The SMILES string of the molecule is FCCOc1ccc(-c2ccc3scnc3c2)cc1. The quantitative estimate of drug-likeness (QED) is 0.706. The number of benzene rings is 2. The monoisotopic (exact) mass is 273 g/mol. The van der Waals surface area contributed by atoms with Gasteiger partial charge in [-0.05, 0) is 35.4 Å². The van der Waals surface area contributed by atoms with E-state index in [1.165, 1.54) is 4.70 Å². The zero-order valence-electron chi connectivity index (χ0n) is 10.2. The van der Waals surface area contributed by atoms with Crippen LogP contribution in [0.15, 0.2) is 48.0 Å². The lowest BCUT2D eigenvalue weighted by Crippen LogP contribution is -1.98. The molecule has 0 saturated heterocycles. The van der Waals surface area contributed by atoms with E-state index in [-0.39, 0.29) is 6.61 Å². The van der Waals surface area contributed by atoms with Crippen LogP contribution in [-0.2, 0) is 0 Å². The number of hydrogen-bond donors (Lipinski definition) is 0. The third-order valence-corrected chi connectivity index (χ3v) is 3.67. The number of fused-ring (bicyclic) bond motifs is 1. The van der Waals surface area contributed by atoms with Crippen LogP contribution in [0.1, 0.15) is 0 Å². The molecule has 2 nitrogen and oxygen atoms in total. The second-order valence-corrected chi connectivity index (χ2v) is 4.98. The second kappa shape index (κ2) is 5.36. The molecule has 3 aromatic rings. The molecule has 0 saturated carbocycles. The Hall–Kier alpha value is -1.94. The normalized spacial score (nSPS) is 10.8. The van der Waals surface area contributed by atoms with Crippen molar-refractivity contribution in [2.45, 2.75) is 0 Å². The van der Waals surface area contributed by atoms with Crippen molar-refractivity contribution in [3.8, 4) is 16.9 Å². The van der Waals surface area contributed by atoms with Crippen LogP contribution in [0.5, 0.6) is 5.75 Å². The molecule has 0 radical (unpaired) electrons. The molecule has 0 spiro atoms. The lowest BCUT2D eigenvalue weighted by atomic mass is 10.1. The molecule has 2 aromatic carbocycles. The van der Waals surface area contributed by atoms with Gasteiger partial charge >= 0.3 is 0 Å². The fourth-order valence-corrected chi connectivity index (χ4v) is 2.60. The highest BCUT2D eigenvalue weighted by Crippen LogP contribution is 2.27. The zero-order chi connectivity index (χ0) is 13.1. The number of aromatic nitrogens is 1. The maximum Gasteiger partial charge on any atom is 0.123 e. The Bertz CT molecular complexity index is 678. The molecule has 1 heterocycles. The maximum atomic E-state index is 12.0. The fourth-order valence-electron chi connectivity index (χ4n) is 1.94. The topological polar surface area (TPSA) is 22.1 Å². The zero-order valence-corrected chi connectivity index (χ0v) is 11.0. The first-order valence-electron chi connectivity index (χ1n) is 5.99. The molecule has 0 aliphatic carbocycles. The first-order chi connectivity index (χ1) is 9.36. The van der Waals surface area contributed by atoms with E-state index in [0.29, 0.717) is 5.75 Å². The largest absolute Gasteiger partial charge is 0.491 e. The van der Waals surface area contributed by atoms with Gasteiger partial charge in [-0.2, -0.15) is 0 Å². The van der Waals surface area contributed by atoms with E-state index >= 15 is 0 Å². The van der Waals surface area contributed by atoms with Gasteiger partial charge in [0.15, 0.2) is 0 Å². The summed E-state index contributed by atoms with van der Waals surface area (Å²) < 4.78 is 18.4. The van der Waals surface area contributed by atoms with Crippen molar-refractivity contribution in [1.82, 2.24) is 4.98 Å². The molecule has 3 rings (SSSR count). The molecule has 19 heavy (non-hydrogen) atoms. The van der Waals surface area contributed by atoms with Crippen molar-refractivity contribution in [3.63, 3.8) is 0 Å². The number of rotatable bonds is 4. The van der Waals surface area contributed by atoms with Gasteiger partial charge in [0.1, 0.15) is 19.0 Å². The minimum absolute atomic E-state index is 0.101. The van der Waals surface area contributed by atoms with E-state index in [4.69, 9.17) is 4.74 Å². The van der Waals surface area contributed by atoms with E-state index in [0.717, 1.165) is 16.6 Å². The van der Waals surface area contributed by atoms with E-state index in [1.807, 2.05) is 29.8 Å². The Labute approximate surface area is 114 Å². The molecule has 0 aliphatic rings. The summed E-state index contributed by atoms with van der Waals surface area (Å²) in [6.07, 6.45) is 0. The first kappa shape index (κ1) is 12.1. The van der Waals surface area contributed by atoms with Crippen LogP contribution in [0.4, 0.5) is 4.39 Å². The van der Waals surface area contributed by atoms with E-state index in [1.54, 1.807) is 11.3 Å². The number of halogens is 1. The van der Waals surface area contributed by atoms with Gasteiger partial charge < -0.3 is 4.74 Å². The predicted octanol–water partition coefficient (Wildman–Crippen LogP) is 4.31. The molecule has 0 amide bonds. The molecule has 96 valence electrons. The summed E-state index contributed by atoms with van der Waals surface area (Å²) in [7, 11) is 0. The van der Waals surface area contributed by atoms with Gasteiger partial charge in [-0.25, -0.2) is 9.37 Å². The molecule has 0 bridgehead atoms. The Balaban J connectivity index is 1.88. The van der Waals surface area contributed by atoms with Gasteiger partial charge in [-0.15, -0.1) is 11.3 Å². The molecule has 0 N–H and O–H groups in total. The van der Waals surface area contributed by atoms with Crippen molar-refractivity contribution in [2.24, 2.45) is 0 Å². The van der Waals surface area contributed by atoms with Crippen molar-refractivity contribution < 1.29 is 9.13 Å². The van der Waals surface area contributed by atoms with Crippen LogP contribution in [0.3, 0.4) is 0 Å². The average molecular weight is 273 g/mol. The predicted molar refractivity (Wildman–Crippen MR) is 76.5 cm³/mol. The fraction of sp³-hybridized carbons (Fsp3) is 0.133. The van der Waals surface area contributed by atoms with E-state index in [2.05, 4.69) is 23.2 Å². The van der Waals surface area contributed by atoms with Gasteiger partial charge in [0.25, 0.3) is 0 Å². The maximum absolute atomic E-state index is 12.0. The van der Waals surface area contributed by atoms with Gasteiger partial charge in [0, 0.05) is 0 Å². The average Bonchev–Trinajstić information content (AvgIpc) is 2.93. The Kier molecular flexibility index (Phi) is 3.42. The molecule has 0 unspecified atom stereocenters. The molecule has 0 atom stereocenters. The van der Waals surface area contributed by atoms with Crippen molar-refractivity contribution in [2.75, 3.05) is 13.3 Å². The van der Waals surface area contributed by atoms with Gasteiger partial charge in [0.2, 0.25) is 0 Å². The third-order valence-electron chi connectivity index (χ3n) is 2.86. The first-order valence-corrected chi connectivity index (χ1v) is 6.87. The Morgan fingerprint density at radius 3 is 2.63 bits per heavy atom. The molecular formula is C15H12FNOS. The smallest absolute Gasteiger partial charge is 0.123 e. The highest BCUT2D eigenvalue weighted by atomic mass is 32.1. The lowest BCUT2D eigenvalue weighted by Gasteiger charge is -2.05. The number of alkyl halides is 1. The van der Waals surface area contributed by atoms with Crippen molar-refractivity contribution >= 4 is 21.6 Å². The molecule has 0 aliphatic heterocycles. The number of ether oxygens (including phenoxy) is 1. The van der Waals surface area contributed by atoms with Gasteiger partial charge in [0.05, 0.1) is 15.7 Å². The third kappa shape index (κ3) is 2.58. The summed E-state index contributed by atoms with van der Waals surface area (Å²) in [6, 6.07) is 13.9. The summed E-state index contributed by atoms with van der Waals surface area (Å²) >= 11 is 1.64. The van der Waals surface area contributed by atoms with Crippen LogP contribution in [0.25, 0.3) is 21.3 Å². The van der Waals surface area contributed by atoms with Crippen LogP contribution < -0.4 is 4.74 Å². The highest BCUT2D eigenvalue weighted by Gasteiger charge is 2.02. The summed E-state index contributed by atoms with van der Waals surface area (Å²) in [4.78, 5) is 4.32. The molecular weight excluding hydrogens is 261 g/mol. The summed E-state index contributed by atoms with van der Waals surface area (Å²) in [5, 5.41) is 0. The standard InChI is InChI=1S/C15H12FNOS/c16-7-8-18-13-4-1-11(2-5-13)12-3-6-15-14(9-12)17-10-19-15/h1-6,9-10H,7-8H2. The minimum Gasteiger partial charge on any atom is -0.491 e. The van der Waals surface area contributed by atoms with Crippen LogP contribution >= 0.6 is 11.3 Å². The Morgan fingerprint density at radius 2 is 1.84 bits per heavy atom. The van der Waals surface area contributed by atoms with Crippen molar-refractivity contribution in [3.05, 3.63) is 48.0 Å². The molecule has 1 aromatic heterocycles. The number of hydrogen-bond acceptors (Lipinski definition) is 3. The molecule has 0 fully saturated rings. The number of nitrogens with zero attached hydrogens (tertiary/aromatic N) is 1. The van der Waals surface area contributed by atoms with E-state index in [9.17, 15) is 4.39 Å². The van der Waals surface area contributed by atoms with Gasteiger partial charge in [-0.3, -0.25) is 0 Å². The second-order valence-electron chi connectivity index (χ2n) is 4.10. The van der Waals surface area contributed by atoms with Crippen molar-refractivity contribution in [1.29, 1.82) is 0 Å². The minimum atomic E-state index is -0.470. The van der Waals surface area contributed by atoms with Crippen LogP contribution in [0, 0.1) is 0 Å². The Morgan fingerprint density at radius 1 is 1.05 bits per heavy atom. The summed E-state index contributed by atoms with van der Waals surface area (Å²) in [5.74, 6) is 0.691. The highest BCUT2D eigenvalue weighted by molar-refractivity contribution is 7.16. The van der Waals surface area contributed by atoms with Gasteiger partial charge in [-0.1, -0.05) is 18.2 Å².